The molecule has 2 unspecified atom stereocenters. The second-order valence-corrected chi connectivity index (χ2v) is 9.80. The number of nitrogens with zero attached hydrogens (tertiary/aromatic N) is 1. The minimum Gasteiger partial charge on any atom is -0.512 e. The van der Waals surface area contributed by atoms with Gasteiger partial charge in [0.05, 0.1) is 5.76 Å². The van der Waals surface area contributed by atoms with E-state index < -0.39 is 0 Å². The quantitative estimate of drug-likeness (QED) is 0.143. The first-order chi connectivity index (χ1) is 15.3. The summed E-state index contributed by atoms with van der Waals surface area (Å²) in [7, 11) is 0. The van der Waals surface area contributed by atoms with Crippen molar-refractivity contribution in [3.63, 3.8) is 0 Å². The van der Waals surface area contributed by atoms with Crippen LogP contribution in [0.15, 0.2) is 60.5 Å². The Balaban J connectivity index is 0.000000337. The van der Waals surface area contributed by atoms with Crippen molar-refractivity contribution in [2.45, 2.75) is 40.5 Å². The number of rotatable bonds is 2. The molecular formula is C28H28IrNO2S-. The molecule has 5 heteroatoms. The van der Waals surface area contributed by atoms with Gasteiger partial charge >= 0.3 is 0 Å². The van der Waals surface area contributed by atoms with Crippen LogP contribution in [-0.4, -0.2) is 15.9 Å². The zero-order chi connectivity index (χ0) is 22.8. The van der Waals surface area contributed by atoms with Crippen LogP contribution >= 0.6 is 11.3 Å². The number of allylic oxidation sites excluding steroid dienone is 2. The number of pyridine rings is 1. The Hall–Kier alpha value is -2.33. The third-order valence-corrected chi connectivity index (χ3v) is 7.35. The molecule has 1 aliphatic carbocycles. The second-order valence-electron chi connectivity index (χ2n) is 8.75. The summed E-state index contributed by atoms with van der Waals surface area (Å²) < 4.78 is 2.68. The van der Waals surface area contributed by atoms with Crippen LogP contribution < -0.4 is 0 Å². The average molecular weight is 635 g/mol. The average Bonchev–Trinajstić information content (AvgIpc) is 3.14. The Morgan fingerprint density at radius 1 is 1.12 bits per heavy atom. The molecule has 0 saturated carbocycles. The van der Waals surface area contributed by atoms with E-state index in [4.69, 9.17) is 10.1 Å². The fraction of sp³-hybridized carbons (Fsp3) is 0.286. The van der Waals surface area contributed by atoms with Crippen molar-refractivity contribution >= 4 is 37.3 Å². The fourth-order valence-corrected chi connectivity index (χ4v) is 5.66. The van der Waals surface area contributed by atoms with E-state index in [9.17, 15) is 4.79 Å². The fourth-order valence-electron chi connectivity index (χ4n) is 4.43. The predicted octanol–water partition coefficient (Wildman–Crippen LogP) is 7.32. The van der Waals surface area contributed by atoms with Crippen LogP contribution in [0.25, 0.3) is 31.4 Å². The third-order valence-electron chi connectivity index (χ3n) is 6.17. The first-order valence-electron chi connectivity index (χ1n) is 11.0. The van der Waals surface area contributed by atoms with Gasteiger partial charge in [-0.05, 0) is 67.2 Å². The number of carbonyl (C=O) groups excluding carboxylic acids is 1. The van der Waals surface area contributed by atoms with Gasteiger partial charge in [-0.2, -0.15) is 0 Å². The number of thiophene rings is 1. The second kappa shape index (κ2) is 10.7. The zero-order valence-electron chi connectivity index (χ0n) is 19.3. The van der Waals surface area contributed by atoms with Crippen LogP contribution in [0.5, 0.6) is 0 Å². The maximum absolute atomic E-state index is 10.0. The molecule has 0 bridgehead atoms. The minimum atomic E-state index is -0.125. The van der Waals surface area contributed by atoms with E-state index in [0.29, 0.717) is 0 Å². The molecule has 0 fully saturated rings. The SMILES string of the molecule is CC(=O)/C=C(/C)O.CC1Cc2ccc3sc4c(-c5[c-]cccc5)nccc4c3c2CC1C.[Ir]. The molecule has 173 valence electrons. The van der Waals surface area contributed by atoms with Crippen molar-refractivity contribution in [1.29, 1.82) is 0 Å². The van der Waals surface area contributed by atoms with E-state index >= 15 is 0 Å². The molecule has 2 aromatic heterocycles. The van der Waals surface area contributed by atoms with E-state index in [1.807, 2.05) is 29.7 Å². The number of fused-ring (bicyclic) bond motifs is 5. The molecule has 33 heavy (non-hydrogen) atoms. The Morgan fingerprint density at radius 3 is 2.52 bits per heavy atom. The van der Waals surface area contributed by atoms with Gasteiger partial charge in [0.2, 0.25) is 0 Å². The van der Waals surface area contributed by atoms with E-state index in [1.165, 1.54) is 52.9 Å². The number of carbonyl (C=O) groups is 1. The first-order valence-corrected chi connectivity index (χ1v) is 11.8. The molecule has 1 aliphatic rings. The summed E-state index contributed by atoms with van der Waals surface area (Å²) in [6.07, 6.45) is 5.52. The predicted molar refractivity (Wildman–Crippen MR) is 134 cm³/mol. The van der Waals surface area contributed by atoms with Gasteiger partial charge in [0, 0.05) is 52.9 Å². The maximum Gasteiger partial charge on any atom is 0.155 e. The minimum absolute atomic E-state index is 0. The topological polar surface area (TPSA) is 50.2 Å². The van der Waals surface area contributed by atoms with E-state index in [1.54, 1.807) is 11.1 Å². The molecule has 1 radical (unpaired) electrons. The van der Waals surface area contributed by atoms with Gasteiger partial charge in [-0.15, -0.1) is 47.2 Å². The van der Waals surface area contributed by atoms with Crippen molar-refractivity contribution in [2.24, 2.45) is 11.8 Å². The maximum atomic E-state index is 10.0. The summed E-state index contributed by atoms with van der Waals surface area (Å²) in [6, 6.07) is 18.4. The van der Waals surface area contributed by atoms with Crippen LogP contribution in [0, 0.1) is 17.9 Å². The third kappa shape index (κ3) is 5.43. The molecule has 0 aliphatic heterocycles. The van der Waals surface area contributed by atoms with Crippen molar-refractivity contribution in [2.75, 3.05) is 0 Å². The van der Waals surface area contributed by atoms with E-state index in [2.05, 4.69) is 50.2 Å². The molecule has 0 saturated heterocycles. The van der Waals surface area contributed by atoms with E-state index in [0.717, 1.165) is 23.1 Å². The van der Waals surface area contributed by atoms with Gasteiger partial charge < -0.3 is 10.1 Å². The van der Waals surface area contributed by atoms with Crippen LogP contribution in [0.1, 0.15) is 38.8 Å². The Bertz CT molecular complexity index is 1310. The van der Waals surface area contributed by atoms with Crippen molar-refractivity contribution in [1.82, 2.24) is 4.98 Å². The monoisotopic (exact) mass is 635 g/mol. The Kier molecular flexibility index (Phi) is 8.23. The number of benzene rings is 2. The summed E-state index contributed by atoms with van der Waals surface area (Å²) in [6.45, 7) is 7.63. The summed E-state index contributed by atoms with van der Waals surface area (Å²) in [5.74, 6) is 1.45. The Morgan fingerprint density at radius 2 is 1.88 bits per heavy atom. The number of hydrogen-bond acceptors (Lipinski definition) is 4. The molecule has 0 spiro atoms. The number of aliphatic hydroxyl groups excluding tert-OH is 1. The van der Waals surface area contributed by atoms with Crippen LogP contribution in [0.2, 0.25) is 0 Å². The summed E-state index contributed by atoms with van der Waals surface area (Å²) in [5, 5.41) is 11.2. The summed E-state index contributed by atoms with van der Waals surface area (Å²) >= 11 is 1.88. The van der Waals surface area contributed by atoms with Crippen molar-refractivity contribution in [3.05, 3.63) is 77.7 Å². The standard InChI is InChI=1S/C23H20NS.C5H8O2.Ir/c1-14-12-17-8-9-20-21(19(17)13-15(14)2)18-10-11-24-22(23(18)25-20)16-6-4-3-5-7-16;1-4(6)3-5(2)7;/h3-6,8-11,14-15H,12-13H2,1-2H3;3,6H,1-2H3;/q-1;;/b;4-3-;. The largest absolute Gasteiger partial charge is 0.512 e. The summed E-state index contributed by atoms with van der Waals surface area (Å²) in [5.41, 5.74) is 5.26. The zero-order valence-corrected chi connectivity index (χ0v) is 22.5. The molecule has 2 heterocycles. The smallest absolute Gasteiger partial charge is 0.155 e. The van der Waals surface area contributed by atoms with Crippen LogP contribution in [0.4, 0.5) is 0 Å². The molecule has 3 nitrogen and oxygen atoms in total. The van der Waals surface area contributed by atoms with Crippen molar-refractivity contribution in [3.8, 4) is 11.3 Å². The molecule has 5 rings (SSSR count). The molecule has 0 amide bonds. The van der Waals surface area contributed by atoms with E-state index in [-0.39, 0.29) is 31.6 Å². The molecular weight excluding hydrogens is 607 g/mol. The van der Waals surface area contributed by atoms with Gasteiger partial charge in [0.1, 0.15) is 0 Å². The van der Waals surface area contributed by atoms with Gasteiger partial charge in [-0.1, -0.05) is 19.9 Å². The summed E-state index contributed by atoms with van der Waals surface area (Å²) in [4.78, 5) is 14.7. The molecule has 2 atom stereocenters. The first kappa shape index (κ1) is 25.3. The van der Waals surface area contributed by atoms with Gasteiger partial charge in [0.15, 0.2) is 5.78 Å². The normalized spacial score (nSPS) is 17.6. The van der Waals surface area contributed by atoms with Crippen molar-refractivity contribution < 1.29 is 30.0 Å². The molecule has 4 aromatic rings. The number of aliphatic hydroxyl groups is 1. The molecule has 1 N–H and O–H groups in total. The number of hydrogen-bond donors (Lipinski definition) is 1. The van der Waals surface area contributed by atoms with Gasteiger partial charge in [-0.3, -0.25) is 4.79 Å². The Labute approximate surface area is 212 Å². The number of aromatic nitrogens is 1. The van der Waals surface area contributed by atoms with Gasteiger partial charge in [0.25, 0.3) is 0 Å². The van der Waals surface area contributed by atoms with Gasteiger partial charge in [-0.25, -0.2) is 0 Å². The molecule has 2 aromatic carbocycles. The number of ketones is 1. The van der Waals surface area contributed by atoms with Crippen LogP contribution in [0.3, 0.4) is 0 Å². The van der Waals surface area contributed by atoms with Crippen LogP contribution in [-0.2, 0) is 37.7 Å².